The van der Waals surface area contributed by atoms with E-state index in [4.69, 9.17) is 22.4 Å². The van der Waals surface area contributed by atoms with Crippen LogP contribution in [-0.2, 0) is 0 Å². The summed E-state index contributed by atoms with van der Waals surface area (Å²) in [5.41, 5.74) is 8.87. The summed E-state index contributed by atoms with van der Waals surface area (Å²) in [6.45, 7) is 9.59. The number of hydrazine groups is 1. The van der Waals surface area contributed by atoms with E-state index in [1.165, 1.54) is 23.9 Å². The van der Waals surface area contributed by atoms with Gasteiger partial charge >= 0.3 is 0 Å². The summed E-state index contributed by atoms with van der Waals surface area (Å²) >= 11 is 5.68. The van der Waals surface area contributed by atoms with Gasteiger partial charge in [0, 0.05) is 19.6 Å². The number of aromatic amines is 2. The van der Waals surface area contributed by atoms with E-state index < -0.39 is 0 Å². The van der Waals surface area contributed by atoms with Gasteiger partial charge in [0.1, 0.15) is 23.7 Å². The normalized spacial score (nSPS) is 11.7. The number of fused-ring (bicyclic) bond motifs is 3. The molecule has 51 heavy (non-hydrogen) atoms. The third-order valence-corrected chi connectivity index (χ3v) is 6.42. The third kappa shape index (κ3) is 14.4. The van der Waals surface area contributed by atoms with Gasteiger partial charge in [0.25, 0.3) is 11.8 Å². The Bertz CT molecular complexity index is 1800. The zero-order chi connectivity index (χ0) is 37.9. The number of rotatable bonds is 7. The first-order valence-electron chi connectivity index (χ1n) is 15.6. The largest absolute Gasteiger partial charge is 0.392 e. The molecule has 0 saturated heterocycles. The monoisotopic (exact) mass is 719 g/mol. The second-order valence-electron chi connectivity index (χ2n) is 9.43. The summed E-state index contributed by atoms with van der Waals surface area (Å²) in [5.74, 6) is 8.38. The minimum Gasteiger partial charge on any atom is -0.392 e. The fourth-order valence-electron chi connectivity index (χ4n) is 3.77. The first kappa shape index (κ1) is 43.4. The van der Waals surface area contributed by atoms with Crippen LogP contribution in [0.4, 0.5) is 5.82 Å². The van der Waals surface area contributed by atoms with Crippen LogP contribution in [0.1, 0.15) is 48.4 Å². The van der Waals surface area contributed by atoms with Crippen LogP contribution in [0.15, 0.2) is 98.2 Å². The second-order valence-corrected chi connectivity index (χ2v) is 9.79. The van der Waals surface area contributed by atoms with Crippen molar-refractivity contribution in [3.63, 3.8) is 0 Å². The van der Waals surface area contributed by atoms with Crippen molar-refractivity contribution in [2.24, 2.45) is 17.4 Å². The molecule has 16 nitrogen and oxygen atoms in total. The molecule has 0 radical (unpaired) electrons. The van der Waals surface area contributed by atoms with Crippen LogP contribution in [0, 0.1) is 0 Å². The number of aromatic nitrogens is 8. The maximum atomic E-state index is 11.8. The highest BCUT2D eigenvalue weighted by atomic mass is 35.5. The Kier molecular flexibility index (Phi) is 22.3. The number of hydrogen-bond donors (Lipinski definition) is 7. The van der Waals surface area contributed by atoms with Crippen molar-refractivity contribution in [3.05, 3.63) is 114 Å². The van der Waals surface area contributed by atoms with E-state index in [-0.39, 0.29) is 18.4 Å². The maximum Gasteiger partial charge on any atom is 0.261 e. The molecule has 6 rings (SSSR count). The molecule has 17 heteroatoms. The molecule has 5 heterocycles. The van der Waals surface area contributed by atoms with Crippen LogP contribution in [0.5, 0.6) is 0 Å². The van der Waals surface area contributed by atoms with Crippen molar-refractivity contribution in [1.29, 1.82) is 0 Å². The van der Waals surface area contributed by atoms with Gasteiger partial charge in [-0.1, -0.05) is 72.3 Å². The lowest BCUT2D eigenvalue weighted by Crippen LogP contribution is -2.29. The lowest BCUT2D eigenvalue weighted by atomic mass is 10.1. The first-order valence-corrected chi connectivity index (χ1v) is 16.0. The molecule has 0 saturated carbocycles. The van der Waals surface area contributed by atoms with Crippen LogP contribution in [-0.4, -0.2) is 87.9 Å². The fraction of sp³-hybridized carbons (Fsp3) is 0.235. The summed E-state index contributed by atoms with van der Waals surface area (Å²) in [5, 5.41) is 11.6. The Morgan fingerprint density at radius 1 is 0.765 bits per heavy atom. The van der Waals surface area contributed by atoms with Crippen LogP contribution in [0.3, 0.4) is 0 Å². The summed E-state index contributed by atoms with van der Waals surface area (Å²) in [7, 11) is 0. The second kappa shape index (κ2) is 26.2. The van der Waals surface area contributed by atoms with Gasteiger partial charge in [0.2, 0.25) is 0 Å². The molecule has 1 aromatic carbocycles. The lowest BCUT2D eigenvalue weighted by Gasteiger charge is -2.09. The number of allylic oxidation sites excluding steroid dienone is 4. The quantitative estimate of drug-likeness (QED) is 0.0411. The van der Waals surface area contributed by atoms with Gasteiger partial charge in [-0.15, -0.1) is 0 Å². The molecule has 272 valence electrons. The number of carbonyl (C=O) groups excluding carboxylic acids is 2. The van der Waals surface area contributed by atoms with E-state index in [0.717, 1.165) is 17.9 Å². The molecular weight excluding hydrogens is 674 g/mol. The summed E-state index contributed by atoms with van der Waals surface area (Å²) in [4.78, 5) is 54.3. The molecule has 0 aliphatic carbocycles. The van der Waals surface area contributed by atoms with Crippen molar-refractivity contribution >= 4 is 51.6 Å². The number of benzene rings is 1. The molecule has 4 aromatic heterocycles. The number of H-pyrrole nitrogens is 2. The Morgan fingerprint density at radius 2 is 1.29 bits per heavy atom. The molecular formula is C34H46ClN13O3. The van der Waals surface area contributed by atoms with Crippen LogP contribution >= 0.6 is 11.6 Å². The topological polar surface area (TPSA) is 257 Å². The highest BCUT2D eigenvalue weighted by molar-refractivity contribution is 6.33. The zero-order valence-corrected chi connectivity index (χ0v) is 29.8. The van der Waals surface area contributed by atoms with Gasteiger partial charge < -0.3 is 26.1 Å². The predicted octanol–water partition coefficient (Wildman–Crippen LogP) is 4.10. The van der Waals surface area contributed by atoms with E-state index in [1.54, 1.807) is 48.8 Å². The van der Waals surface area contributed by atoms with Crippen molar-refractivity contribution < 1.29 is 14.7 Å². The molecule has 5 aromatic rings. The van der Waals surface area contributed by atoms with E-state index >= 15 is 0 Å². The highest BCUT2D eigenvalue weighted by Gasteiger charge is 2.33. The zero-order valence-electron chi connectivity index (χ0n) is 29.1. The third-order valence-electron chi connectivity index (χ3n) is 6.14. The lowest BCUT2D eigenvalue weighted by molar-refractivity contribution is 0.0672. The molecule has 0 spiro atoms. The van der Waals surface area contributed by atoms with Gasteiger partial charge in [-0.05, 0) is 39.8 Å². The maximum absolute atomic E-state index is 11.8. The average molecular weight is 720 g/mol. The minimum atomic E-state index is -0.200. The Balaban J connectivity index is 0.000000335. The van der Waals surface area contributed by atoms with Gasteiger partial charge in [-0.2, -0.15) is 0 Å². The minimum absolute atomic E-state index is 0.163. The molecule has 0 bridgehead atoms. The molecule has 1 aliphatic rings. The molecule has 0 fully saturated rings. The number of halogens is 1. The smallest absolute Gasteiger partial charge is 0.261 e. The fourth-order valence-corrected chi connectivity index (χ4v) is 3.95. The van der Waals surface area contributed by atoms with Crippen molar-refractivity contribution in [3.8, 4) is 0 Å². The van der Waals surface area contributed by atoms with Crippen molar-refractivity contribution in [2.45, 2.75) is 27.7 Å². The van der Waals surface area contributed by atoms with E-state index in [1.807, 2.05) is 58.1 Å². The Hall–Kier alpha value is -5.65. The van der Waals surface area contributed by atoms with E-state index in [0.29, 0.717) is 46.2 Å². The van der Waals surface area contributed by atoms with Gasteiger partial charge in [-0.25, -0.2) is 29.9 Å². The van der Waals surface area contributed by atoms with Gasteiger partial charge in [0.05, 0.1) is 30.4 Å². The van der Waals surface area contributed by atoms with E-state index in [9.17, 15) is 9.59 Å². The summed E-state index contributed by atoms with van der Waals surface area (Å²) in [6.07, 6.45) is 21.0. The number of carbonyl (C=O) groups is 2. The molecule has 1 aliphatic heterocycles. The Labute approximate surface area is 301 Å². The van der Waals surface area contributed by atoms with Crippen molar-refractivity contribution in [2.75, 3.05) is 31.6 Å². The molecule has 0 unspecified atom stereocenters. The Morgan fingerprint density at radius 3 is 1.76 bits per heavy atom. The number of nitrogens with two attached hydrogens (primary N) is 3. The van der Waals surface area contributed by atoms with Crippen LogP contribution < -0.4 is 22.7 Å². The number of anilines is 1. The molecule has 10 N–H and O–H groups in total. The first-order chi connectivity index (χ1) is 24.9. The number of imide groups is 1. The summed E-state index contributed by atoms with van der Waals surface area (Å²) < 4.78 is 0. The summed E-state index contributed by atoms with van der Waals surface area (Å²) in [6, 6.07) is 6.91. The molecule has 0 atom stereocenters. The number of nitrogens with zero attached hydrogens (tertiary/aromatic N) is 7. The average Bonchev–Trinajstić information content (AvgIpc) is 3.90. The number of aliphatic hydroxyl groups is 1. The number of nitrogens with one attached hydrogen (secondary N) is 3. The predicted molar refractivity (Wildman–Crippen MR) is 202 cm³/mol. The van der Waals surface area contributed by atoms with Gasteiger partial charge in [0.15, 0.2) is 22.3 Å². The number of imidazole rings is 2. The van der Waals surface area contributed by atoms with Crippen LogP contribution in [0.2, 0.25) is 5.15 Å². The number of hydrogen-bond acceptors (Lipinski definition) is 13. The van der Waals surface area contributed by atoms with Crippen molar-refractivity contribution in [1.82, 2.24) is 44.8 Å². The van der Waals surface area contributed by atoms with E-state index in [2.05, 4.69) is 56.9 Å². The van der Waals surface area contributed by atoms with Crippen LogP contribution in [0.25, 0.3) is 22.3 Å². The number of aliphatic hydroxyl groups excluding tert-OH is 1. The SMILES string of the molecule is C/C=C/CN.C/C=C/CN1C(=O)c2ccccc2C1=O.C/C=C/CNc1ncnc2nc[nH]c12.C/C=C/CO.Clc1ncnc2nc[nH]c12.NN. The van der Waals surface area contributed by atoms with Gasteiger partial charge in [-0.3, -0.25) is 26.2 Å². The highest BCUT2D eigenvalue weighted by Crippen LogP contribution is 2.22. The number of amides is 2. The molecule has 2 amide bonds. The standard InChI is InChI=1S/C12H11NO2.C9H11N5.C5H3ClN4.C4H9N.C4H8O.H4N2/c1-2-3-8-13-11(14)9-6-4-5-7-10(9)12(13)15;1-2-3-4-10-8-7-9(12-5-11-7)14-6-13-8;6-4-3-5(9-1-7-3)10-2-8-4;2*1-2-3-4-5;1-2/h2-7H,8H2,1H3;2-3,5-6H,4H2,1H3,(H2,10,11,12,13,14);1-2H,(H,7,8,9,10);2-3H,4-5H2,1H3;2-3,5H,4H2,1H3;1-2H2/b2*3-2+;;2*3-2+;.